The number of rotatable bonds is 9. The number of carbonyl (C=O) groups is 2. The molecule has 2 amide bonds. The summed E-state index contributed by atoms with van der Waals surface area (Å²) >= 11 is 0. The molecule has 0 heterocycles. The topological polar surface area (TPSA) is 84.7 Å². The van der Waals surface area contributed by atoms with E-state index in [4.69, 9.17) is 10.5 Å². The maximum Gasteiger partial charge on any atom is 0.259 e. The number of halogens is 1. The highest BCUT2D eigenvalue weighted by molar-refractivity contribution is 5.85. The van der Waals surface area contributed by atoms with Gasteiger partial charge in [0.25, 0.3) is 5.91 Å². The first-order valence-corrected chi connectivity index (χ1v) is 9.44. The third-order valence-electron chi connectivity index (χ3n) is 4.52. The zero-order valence-corrected chi connectivity index (χ0v) is 17.9. The van der Waals surface area contributed by atoms with Crippen LogP contribution in [0.15, 0.2) is 54.6 Å². The van der Waals surface area contributed by atoms with Crippen LogP contribution in [-0.2, 0) is 9.59 Å². The molecule has 0 aliphatic rings. The second kappa shape index (κ2) is 12.1. The summed E-state index contributed by atoms with van der Waals surface area (Å²) in [5, 5.41) is 3.04. The molecule has 158 valence electrons. The number of para-hydroxylation sites is 1. The molecule has 0 aliphatic heterocycles. The predicted molar refractivity (Wildman–Crippen MR) is 117 cm³/mol. The molecule has 0 saturated heterocycles. The largest absolute Gasteiger partial charge is 0.483 e. The number of ether oxygens (including phenoxy) is 1. The Kier molecular flexibility index (Phi) is 10.2. The molecule has 2 aromatic carbocycles. The minimum absolute atomic E-state index is 0. The minimum Gasteiger partial charge on any atom is -0.483 e. The van der Waals surface area contributed by atoms with Crippen molar-refractivity contribution in [2.75, 3.05) is 20.7 Å². The van der Waals surface area contributed by atoms with E-state index >= 15 is 0 Å². The Labute approximate surface area is 178 Å². The minimum atomic E-state index is -0.358. The average molecular weight is 420 g/mol. The first kappa shape index (κ1) is 24.5. The molecule has 0 spiro atoms. The van der Waals surface area contributed by atoms with Crippen LogP contribution in [0.5, 0.6) is 5.75 Å². The molecule has 6 nitrogen and oxygen atoms in total. The van der Waals surface area contributed by atoms with Crippen molar-refractivity contribution < 1.29 is 14.3 Å². The highest BCUT2D eigenvalue weighted by Gasteiger charge is 2.19. The van der Waals surface area contributed by atoms with Crippen molar-refractivity contribution in [2.45, 2.75) is 31.8 Å². The van der Waals surface area contributed by atoms with E-state index in [0.717, 1.165) is 11.1 Å². The molecule has 0 fully saturated rings. The van der Waals surface area contributed by atoms with Gasteiger partial charge in [-0.25, -0.2) is 0 Å². The van der Waals surface area contributed by atoms with E-state index in [1.807, 2.05) is 61.5 Å². The Morgan fingerprint density at radius 1 is 1.07 bits per heavy atom. The summed E-state index contributed by atoms with van der Waals surface area (Å²) in [6.07, 6.45) is 0.886. The number of nitrogens with one attached hydrogen (secondary N) is 1. The van der Waals surface area contributed by atoms with Gasteiger partial charge >= 0.3 is 0 Å². The zero-order chi connectivity index (χ0) is 20.5. The first-order chi connectivity index (χ1) is 13.4. The number of nitrogens with zero attached hydrogens (tertiary/aromatic N) is 1. The van der Waals surface area contributed by atoms with Crippen LogP contribution < -0.4 is 15.8 Å². The Morgan fingerprint density at radius 2 is 1.69 bits per heavy atom. The fourth-order valence-corrected chi connectivity index (χ4v) is 2.84. The van der Waals surface area contributed by atoms with Crippen LogP contribution in [0.1, 0.15) is 43.0 Å². The summed E-state index contributed by atoms with van der Waals surface area (Å²) in [5.41, 5.74) is 7.94. The van der Waals surface area contributed by atoms with Crippen molar-refractivity contribution in [3.8, 4) is 5.75 Å². The van der Waals surface area contributed by atoms with Gasteiger partial charge in [0.05, 0.1) is 6.04 Å². The maximum atomic E-state index is 12.5. The smallest absolute Gasteiger partial charge is 0.259 e. The summed E-state index contributed by atoms with van der Waals surface area (Å²) in [6, 6.07) is 16.4. The van der Waals surface area contributed by atoms with Crippen molar-refractivity contribution in [1.82, 2.24) is 10.2 Å². The van der Waals surface area contributed by atoms with Crippen LogP contribution in [0.3, 0.4) is 0 Å². The molecular weight excluding hydrogens is 390 g/mol. The van der Waals surface area contributed by atoms with Crippen molar-refractivity contribution in [2.24, 2.45) is 5.73 Å². The summed E-state index contributed by atoms with van der Waals surface area (Å²) < 4.78 is 5.71. The number of hydrogen-bond acceptors (Lipinski definition) is 4. The molecule has 2 rings (SSSR count). The van der Waals surface area contributed by atoms with Crippen LogP contribution in [0, 0.1) is 0 Å². The van der Waals surface area contributed by atoms with E-state index in [9.17, 15) is 9.59 Å². The molecule has 29 heavy (non-hydrogen) atoms. The van der Waals surface area contributed by atoms with Gasteiger partial charge < -0.3 is 20.7 Å². The molecule has 2 unspecified atom stereocenters. The van der Waals surface area contributed by atoms with Crippen molar-refractivity contribution >= 4 is 24.2 Å². The summed E-state index contributed by atoms with van der Waals surface area (Å²) in [6.45, 7) is 1.94. The van der Waals surface area contributed by atoms with E-state index in [1.165, 1.54) is 4.90 Å². The lowest BCUT2D eigenvalue weighted by Gasteiger charge is -2.22. The number of carbonyl (C=O) groups excluding carboxylic acids is 2. The Morgan fingerprint density at radius 3 is 2.31 bits per heavy atom. The van der Waals surface area contributed by atoms with Crippen LogP contribution in [-0.4, -0.2) is 37.4 Å². The van der Waals surface area contributed by atoms with Crippen LogP contribution in [0.25, 0.3) is 0 Å². The molecule has 0 bridgehead atoms. The zero-order valence-electron chi connectivity index (χ0n) is 17.1. The van der Waals surface area contributed by atoms with E-state index in [-0.39, 0.29) is 49.3 Å². The van der Waals surface area contributed by atoms with Crippen LogP contribution in [0.4, 0.5) is 0 Å². The molecule has 7 heteroatoms. The van der Waals surface area contributed by atoms with Crippen molar-refractivity contribution in [3.63, 3.8) is 0 Å². The van der Waals surface area contributed by atoms with Gasteiger partial charge in [-0.3, -0.25) is 9.59 Å². The Hall–Kier alpha value is -2.57. The summed E-state index contributed by atoms with van der Waals surface area (Å²) in [7, 11) is 3.37. The monoisotopic (exact) mass is 419 g/mol. The number of benzene rings is 2. The van der Waals surface area contributed by atoms with Gasteiger partial charge in [-0.2, -0.15) is 0 Å². The van der Waals surface area contributed by atoms with E-state index in [1.54, 1.807) is 14.1 Å². The van der Waals surface area contributed by atoms with Gasteiger partial charge in [-0.15, -0.1) is 12.4 Å². The number of likely N-dealkylation sites (N-methyl/N-ethyl adjacent to an activating group) is 1. The lowest BCUT2D eigenvalue weighted by molar-refractivity contribution is -0.130. The average Bonchev–Trinajstić information content (AvgIpc) is 2.71. The lowest BCUT2D eigenvalue weighted by Crippen LogP contribution is -2.31. The molecule has 0 saturated carbocycles. The number of amides is 2. The van der Waals surface area contributed by atoms with Gasteiger partial charge in [0.1, 0.15) is 5.75 Å². The predicted octanol–water partition coefficient (Wildman–Crippen LogP) is 3.23. The maximum absolute atomic E-state index is 12.5. The first-order valence-electron chi connectivity index (χ1n) is 9.44. The van der Waals surface area contributed by atoms with Gasteiger partial charge in [0, 0.05) is 32.1 Å². The molecular formula is C22H30ClN3O3. The van der Waals surface area contributed by atoms with Crippen LogP contribution in [0.2, 0.25) is 0 Å². The van der Waals surface area contributed by atoms with Gasteiger partial charge in [-0.1, -0.05) is 55.5 Å². The highest BCUT2D eigenvalue weighted by Crippen LogP contribution is 2.27. The third-order valence-corrected chi connectivity index (χ3v) is 4.52. The Bertz CT molecular complexity index is 784. The van der Waals surface area contributed by atoms with E-state index in [2.05, 4.69) is 5.32 Å². The van der Waals surface area contributed by atoms with Crippen LogP contribution >= 0.6 is 12.4 Å². The molecule has 3 N–H and O–H groups in total. The van der Waals surface area contributed by atoms with Gasteiger partial charge in [0.15, 0.2) is 6.61 Å². The number of hydrogen-bond donors (Lipinski definition) is 2. The van der Waals surface area contributed by atoms with Crippen molar-refractivity contribution in [3.05, 3.63) is 65.7 Å². The van der Waals surface area contributed by atoms with Crippen molar-refractivity contribution in [1.29, 1.82) is 0 Å². The third kappa shape index (κ3) is 7.40. The summed E-state index contributed by atoms with van der Waals surface area (Å²) in [5.74, 6) is 0.348. The summed E-state index contributed by atoms with van der Waals surface area (Å²) in [4.78, 5) is 25.8. The normalized spacial score (nSPS) is 12.3. The van der Waals surface area contributed by atoms with E-state index in [0.29, 0.717) is 12.2 Å². The molecule has 0 radical (unpaired) electrons. The highest BCUT2D eigenvalue weighted by atomic mass is 35.5. The fraction of sp³-hybridized carbons (Fsp3) is 0.364. The molecule has 2 aromatic rings. The lowest BCUT2D eigenvalue weighted by atomic mass is 10.0. The van der Waals surface area contributed by atoms with Gasteiger partial charge in [-0.05, 0) is 18.1 Å². The Balaban J connectivity index is 0.00000420. The van der Waals surface area contributed by atoms with E-state index < -0.39 is 0 Å². The second-order valence-corrected chi connectivity index (χ2v) is 6.86. The molecule has 0 aromatic heterocycles. The van der Waals surface area contributed by atoms with Gasteiger partial charge in [0.2, 0.25) is 5.91 Å². The standard InChI is InChI=1S/C22H29N3O3.ClH/c1-4-19(24-21(26)14-18(23)16-10-6-5-7-11-16)17-12-8-9-13-20(17)28-15-22(27)25(2)3;/h5-13,18-19H,4,14-15,23H2,1-3H3,(H,24,26);1H. The quantitative estimate of drug-likeness (QED) is 0.653. The second-order valence-electron chi connectivity index (χ2n) is 6.86. The molecule has 2 atom stereocenters. The molecule has 0 aliphatic carbocycles. The number of nitrogens with two attached hydrogens (primary N) is 1. The SMILES string of the molecule is CCC(NC(=O)CC(N)c1ccccc1)c1ccccc1OCC(=O)N(C)C.Cl. The fourth-order valence-electron chi connectivity index (χ4n) is 2.84.